The second-order valence-corrected chi connectivity index (χ2v) is 6.10. The van der Waals surface area contributed by atoms with Gasteiger partial charge in [-0.15, -0.1) is 0 Å². The van der Waals surface area contributed by atoms with Crippen LogP contribution in [0.15, 0.2) is 24.3 Å². The van der Waals surface area contributed by atoms with E-state index in [1.165, 1.54) is 12.8 Å². The van der Waals surface area contributed by atoms with Crippen LogP contribution in [-0.2, 0) is 4.79 Å². The van der Waals surface area contributed by atoms with Crippen molar-refractivity contribution in [3.8, 4) is 5.75 Å². The number of fused-ring (bicyclic) bond motifs is 1. The number of hydrogen-bond acceptors (Lipinski definition) is 3. The average molecular weight is 288 g/mol. The van der Waals surface area contributed by atoms with Gasteiger partial charge in [-0.25, -0.2) is 0 Å². The Morgan fingerprint density at radius 1 is 1.38 bits per heavy atom. The fourth-order valence-electron chi connectivity index (χ4n) is 3.27. The van der Waals surface area contributed by atoms with Gasteiger partial charge in [0.2, 0.25) is 5.91 Å². The number of carbonyl (C=O) groups is 1. The number of hydrogen-bond donors (Lipinski definition) is 1. The molecule has 1 saturated heterocycles. The summed E-state index contributed by atoms with van der Waals surface area (Å²) in [5.41, 5.74) is 0.920. The zero-order valence-corrected chi connectivity index (χ0v) is 12.7. The summed E-state index contributed by atoms with van der Waals surface area (Å²) in [5, 5.41) is 3.50. The normalized spacial score (nSPS) is 25.7. The number of benzene rings is 1. The van der Waals surface area contributed by atoms with Crippen molar-refractivity contribution < 1.29 is 9.53 Å². The number of anilines is 1. The first-order valence-electron chi connectivity index (χ1n) is 8.01. The summed E-state index contributed by atoms with van der Waals surface area (Å²) < 4.78 is 5.73. The quantitative estimate of drug-likeness (QED) is 0.909. The predicted molar refractivity (Wildman–Crippen MR) is 83.7 cm³/mol. The molecule has 114 valence electrons. The molecule has 4 nitrogen and oxygen atoms in total. The molecule has 1 amide bonds. The summed E-state index contributed by atoms with van der Waals surface area (Å²) in [5.74, 6) is 1.60. The van der Waals surface area contributed by atoms with Crippen LogP contribution < -0.4 is 15.0 Å². The lowest BCUT2D eigenvalue weighted by molar-refractivity contribution is -0.119. The Labute approximate surface area is 126 Å². The summed E-state index contributed by atoms with van der Waals surface area (Å²) in [6.07, 6.45) is 3.89. The van der Waals surface area contributed by atoms with Gasteiger partial charge in [0.1, 0.15) is 5.75 Å². The molecule has 1 aromatic rings. The van der Waals surface area contributed by atoms with Crippen molar-refractivity contribution in [1.82, 2.24) is 5.32 Å². The van der Waals surface area contributed by atoms with Crippen molar-refractivity contribution in [3.63, 3.8) is 0 Å². The first kappa shape index (κ1) is 14.4. The number of amides is 1. The summed E-state index contributed by atoms with van der Waals surface area (Å²) in [7, 11) is 0. The second-order valence-electron chi connectivity index (χ2n) is 6.10. The van der Waals surface area contributed by atoms with E-state index < -0.39 is 0 Å². The molecule has 1 N–H and O–H groups in total. The molecule has 2 atom stereocenters. The van der Waals surface area contributed by atoms with Crippen LogP contribution in [0.3, 0.4) is 0 Å². The average Bonchev–Trinajstić information content (AvgIpc) is 2.72. The molecule has 2 aliphatic rings. The van der Waals surface area contributed by atoms with Crippen LogP contribution in [-0.4, -0.2) is 31.6 Å². The minimum Gasteiger partial charge on any atom is -0.491 e. The highest BCUT2D eigenvalue weighted by atomic mass is 16.5. The Kier molecular flexibility index (Phi) is 4.44. The number of para-hydroxylation sites is 2. The minimum atomic E-state index is 0.208. The highest BCUT2D eigenvalue weighted by Crippen LogP contribution is 2.31. The first-order valence-corrected chi connectivity index (χ1v) is 8.01. The van der Waals surface area contributed by atoms with Crippen molar-refractivity contribution in [2.24, 2.45) is 5.92 Å². The Balaban J connectivity index is 1.74. The lowest BCUT2D eigenvalue weighted by atomic mass is 9.90. The largest absolute Gasteiger partial charge is 0.491 e. The van der Waals surface area contributed by atoms with Gasteiger partial charge in [-0.2, -0.15) is 0 Å². The number of nitrogens with one attached hydrogen (secondary N) is 1. The molecule has 0 bridgehead atoms. The molecule has 0 saturated carbocycles. The third-order valence-electron chi connectivity index (χ3n) is 4.56. The zero-order chi connectivity index (χ0) is 14.7. The SMILES string of the molecule is CC1CCCNC1CC(=O)N1CCCOc2ccccc21. The van der Waals surface area contributed by atoms with E-state index in [1.807, 2.05) is 29.2 Å². The van der Waals surface area contributed by atoms with E-state index in [4.69, 9.17) is 4.74 Å². The van der Waals surface area contributed by atoms with Gasteiger partial charge in [-0.05, 0) is 43.9 Å². The van der Waals surface area contributed by atoms with Crippen LogP contribution in [0.4, 0.5) is 5.69 Å². The molecule has 0 aliphatic carbocycles. The van der Waals surface area contributed by atoms with Crippen LogP contribution in [0.2, 0.25) is 0 Å². The lowest BCUT2D eigenvalue weighted by Gasteiger charge is -2.31. The monoisotopic (exact) mass is 288 g/mol. The maximum Gasteiger partial charge on any atom is 0.228 e. The van der Waals surface area contributed by atoms with Gasteiger partial charge < -0.3 is 15.0 Å². The van der Waals surface area contributed by atoms with Gasteiger partial charge in [0.05, 0.1) is 12.3 Å². The van der Waals surface area contributed by atoms with Gasteiger partial charge in [-0.1, -0.05) is 19.1 Å². The van der Waals surface area contributed by atoms with Gasteiger partial charge >= 0.3 is 0 Å². The smallest absolute Gasteiger partial charge is 0.228 e. The number of ether oxygens (including phenoxy) is 1. The molecule has 4 heteroatoms. The highest BCUT2D eigenvalue weighted by Gasteiger charge is 2.28. The second kappa shape index (κ2) is 6.48. The van der Waals surface area contributed by atoms with Gasteiger partial charge in [-0.3, -0.25) is 4.79 Å². The summed E-state index contributed by atoms with van der Waals surface area (Å²) in [4.78, 5) is 14.7. The van der Waals surface area contributed by atoms with E-state index >= 15 is 0 Å². The number of rotatable bonds is 2. The van der Waals surface area contributed by atoms with E-state index in [0.29, 0.717) is 25.0 Å². The number of carbonyl (C=O) groups excluding carboxylic acids is 1. The number of nitrogens with zero attached hydrogens (tertiary/aromatic N) is 1. The van der Waals surface area contributed by atoms with Gasteiger partial charge in [0.25, 0.3) is 0 Å². The van der Waals surface area contributed by atoms with Crippen molar-refractivity contribution in [3.05, 3.63) is 24.3 Å². The van der Waals surface area contributed by atoms with Crippen molar-refractivity contribution in [1.29, 1.82) is 0 Å². The van der Waals surface area contributed by atoms with E-state index in [9.17, 15) is 4.79 Å². The highest BCUT2D eigenvalue weighted by molar-refractivity contribution is 5.95. The molecule has 21 heavy (non-hydrogen) atoms. The van der Waals surface area contributed by atoms with E-state index in [0.717, 1.165) is 30.9 Å². The third kappa shape index (κ3) is 3.21. The Hall–Kier alpha value is -1.55. The minimum absolute atomic E-state index is 0.208. The molecule has 2 heterocycles. The van der Waals surface area contributed by atoms with Crippen LogP contribution in [0.25, 0.3) is 0 Å². The van der Waals surface area contributed by atoms with Gasteiger partial charge in [0, 0.05) is 19.0 Å². The topological polar surface area (TPSA) is 41.6 Å². The maximum atomic E-state index is 12.8. The molecule has 1 aromatic carbocycles. The van der Waals surface area contributed by atoms with Crippen LogP contribution in [0, 0.1) is 5.92 Å². The van der Waals surface area contributed by atoms with Crippen LogP contribution in [0.5, 0.6) is 5.75 Å². The van der Waals surface area contributed by atoms with E-state index in [2.05, 4.69) is 12.2 Å². The molecular weight excluding hydrogens is 264 g/mol. The van der Waals surface area contributed by atoms with Crippen molar-refractivity contribution >= 4 is 11.6 Å². The molecule has 3 rings (SSSR count). The third-order valence-corrected chi connectivity index (χ3v) is 4.56. The lowest BCUT2D eigenvalue weighted by Crippen LogP contribution is -2.44. The van der Waals surface area contributed by atoms with Crippen LogP contribution in [0.1, 0.15) is 32.6 Å². The standard InChI is InChI=1S/C17H24N2O2/c1-13-6-4-9-18-14(13)12-17(20)19-10-5-11-21-16-8-3-2-7-15(16)19/h2-3,7-8,13-14,18H,4-6,9-12H2,1H3. The zero-order valence-electron chi connectivity index (χ0n) is 12.7. The van der Waals surface area contributed by atoms with E-state index in [1.54, 1.807) is 0 Å². The summed E-state index contributed by atoms with van der Waals surface area (Å²) >= 11 is 0. The predicted octanol–water partition coefficient (Wildman–Crippen LogP) is 2.58. The number of piperidine rings is 1. The fourth-order valence-corrected chi connectivity index (χ4v) is 3.27. The first-order chi connectivity index (χ1) is 10.3. The van der Waals surface area contributed by atoms with Crippen molar-refractivity contribution in [2.75, 3.05) is 24.6 Å². The molecule has 2 unspecified atom stereocenters. The fraction of sp³-hybridized carbons (Fsp3) is 0.588. The summed E-state index contributed by atoms with van der Waals surface area (Å²) in [6.45, 7) is 4.70. The Bertz CT molecular complexity index is 503. The molecule has 0 aromatic heterocycles. The Morgan fingerprint density at radius 3 is 3.10 bits per heavy atom. The Morgan fingerprint density at radius 2 is 2.24 bits per heavy atom. The molecule has 2 aliphatic heterocycles. The molecule has 1 fully saturated rings. The molecule has 0 radical (unpaired) electrons. The summed E-state index contributed by atoms with van der Waals surface area (Å²) in [6, 6.07) is 8.16. The van der Waals surface area contributed by atoms with E-state index in [-0.39, 0.29) is 5.91 Å². The maximum absolute atomic E-state index is 12.8. The van der Waals surface area contributed by atoms with Crippen molar-refractivity contribution in [2.45, 2.75) is 38.6 Å². The van der Waals surface area contributed by atoms with Gasteiger partial charge in [0.15, 0.2) is 0 Å². The van der Waals surface area contributed by atoms with Crippen LogP contribution >= 0.6 is 0 Å². The molecular formula is C17H24N2O2. The molecule has 0 spiro atoms.